The maximum atomic E-state index is 10.4. The summed E-state index contributed by atoms with van der Waals surface area (Å²) in [5.41, 5.74) is 2.39. The summed E-state index contributed by atoms with van der Waals surface area (Å²) < 4.78 is 7.10. The number of ether oxygens (including phenoxy) is 1. The van der Waals surface area contributed by atoms with Gasteiger partial charge in [-0.1, -0.05) is 41.1 Å². The molecular weight excluding hydrogens is 314 g/mol. The number of aliphatic hydroxyl groups excluding tert-OH is 1. The minimum atomic E-state index is -0.808. The Balaban J connectivity index is 1.65. The molecule has 1 saturated heterocycles. The van der Waals surface area contributed by atoms with E-state index >= 15 is 0 Å². The lowest BCUT2D eigenvalue weighted by Gasteiger charge is -2.23. The Morgan fingerprint density at radius 1 is 1.35 bits per heavy atom. The molecular formula is C17H20ClN3O2. The highest BCUT2D eigenvalue weighted by molar-refractivity contribution is 6.30. The Bertz CT molecular complexity index is 663. The molecule has 23 heavy (non-hydrogen) atoms. The summed E-state index contributed by atoms with van der Waals surface area (Å²) in [6.07, 6.45) is 2.98. The van der Waals surface area contributed by atoms with Gasteiger partial charge in [0.05, 0.1) is 12.7 Å². The molecule has 1 fully saturated rings. The third kappa shape index (κ3) is 3.99. The average molecular weight is 334 g/mol. The van der Waals surface area contributed by atoms with Crippen molar-refractivity contribution in [3.05, 3.63) is 58.9 Å². The fourth-order valence-electron chi connectivity index (χ4n) is 2.77. The van der Waals surface area contributed by atoms with E-state index in [-0.39, 0.29) is 0 Å². The van der Waals surface area contributed by atoms with Crippen LogP contribution in [0.15, 0.2) is 42.6 Å². The van der Waals surface area contributed by atoms with Crippen molar-refractivity contribution in [3.63, 3.8) is 0 Å². The number of hydrogen-bond donors (Lipinski definition) is 1. The number of benzene rings is 1. The first-order valence-electron chi connectivity index (χ1n) is 7.72. The molecule has 0 bridgehead atoms. The molecule has 1 atom stereocenters. The zero-order valence-electron chi connectivity index (χ0n) is 12.9. The van der Waals surface area contributed by atoms with Crippen LogP contribution in [-0.2, 0) is 11.3 Å². The van der Waals surface area contributed by atoms with E-state index in [1.807, 2.05) is 0 Å². The van der Waals surface area contributed by atoms with Crippen molar-refractivity contribution < 1.29 is 9.84 Å². The van der Waals surface area contributed by atoms with Crippen LogP contribution in [0.2, 0.25) is 5.02 Å². The van der Waals surface area contributed by atoms with Crippen LogP contribution in [0.5, 0.6) is 0 Å². The van der Waals surface area contributed by atoms with Crippen LogP contribution >= 0.6 is 11.6 Å². The molecule has 1 aromatic carbocycles. The fraction of sp³-hybridized carbons (Fsp3) is 0.412. The quantitative estimate of drug-likeness (QED) is 0.854. The Labute approximate surface area is 140 Å². The topological polar surface area (TPSA) is 60.2 Å². The van der Waals surface area contributed by atoms with Crippen molar-refractivity contribution in [1.29, 1.82) is 0 Å². The lowest BCUT2D eigenvalue weighted by Crippen LogP contribution is -2.19. The predicted octanol–water partition coefficient (Wildman–Crippen LogP) is 3.00. The zero-order chi connectivity index (χ0) is 16.2. The molecule has 0 amide bonds. The van der Waals surface area contributed by atoms with Gasteiger partial charge in [-0.3, -0.25) is 0 Å². The highest BCUT2D eigenvalue weighted by Gasteiger charge is 2.19. The van der Waals surface area contributed by atoms with E-state index < -0.39 is 6.10 Å². The van der Waals surface area contributed by atoms with E-state index in [9.17, 15) is 5.11 Å². The van der Waals surface area contributed by atoms with E-state index in [2.05, 4.69) is 16.9 Å². The lowest BCUT2D eigenvalue weighted by molar-refractivity contribution is 0.0746. The summed E-state index contributed by atoms with van der Waals surface area (Å²) in [6, 6.07) is 7.06. The Morgan fingerprint density at radius 3 is 2.74 bits per heavy atom. The highest BCUT2D eigenvalue weighted by Crippen LogP contribution is 2.24. The number of allylic oxidation sites excluding steroid dienone is 1. The first kappa shape index (κ1) is 16.2. The van der Waals surface area contributed by atoms with Crippen LogP contribution in [0.3, 0.4) is 0 Å². The predicted molar refractivity (Wildman–Crippen MR) is 88.2 cm³/mol. The molecule has 1 unspecified atom stereocenters. The van der Waals surface area contributed by atoms with Gasteiger partial charge in [-0.2, -0.15) is 0 Å². The fourth-order valence-corrected chi connectivity index (χ4v) is 2.90. The molecule has 5 nitrogen and oxygen atoms in total. The van der Waals surface area contributed by atoms with Gasteiger partial charge in [0.25, 0.3) is 0 Å². The summed E-state index contributed by atoms with van der Waals surface area (Å²) >= 11 is 5.87. The highest BCUT2D eigenvalue weighted by atomic mass is 35.5. The summed E-state index contributed by atoms with van der Waals surface area (Å²) in [5, 5.41) is 19.2. The van der Waals surface area contributed by atoms with Crippen molar-refractivity contribution in [2.45, 2.75) is 25.5 Å². The molecule has 2 heterocycles. The SMILES string of the molecule is C=C(Cn1cc(C(O)c2ccc(Cl)cc2)nn1)C1CCOCC1. The van der Waals surface area contributed by atoms with Crippen molar-refractivity contribution in [1.82, 2.24) is 15.0 Å². The van der Waals surface area contributed by atoms with Gasteiger partial charge in [0.2, 0.25) is 0 Å². The van der Waals surface area contributed by atoms with Crippen LogP contribution in [0.4, 0.5) is 0 Å². The second-order valence-electron chi connectivity index (χ2n) is 5.84. The van der Waals surface area contributed by atoms with Crippen molar-refractivity contribution in [3.8, 4) is 0 Å². The molecule has 122 valence electrons. The minimum Gasteiger partial charge on any atom is -0.382 e. The number of rotatable bonds is 5. The Hall–Kier alpha value is -1.69. The first-order valence-corrected chi connectivity index (χ1v) is 8.10. The average Bonchev–Trinajstić information content (AvgIpc) is 3.04. The van der Waals surface area contributed by atoms with Gasteiger partial charge in [-0.15, -0.1) is 5.10 Å². The number of halogens is 1. The second-order valence-corrected chi connectivity index (χ2v) is 6.28. The van der Waals surface area contributed by atoms with Gasteiger partial charge < -0.3 is 9.84 Å². The van der Waals surface area contributed by atoms with Gasteiger partial charge in [-0.05, 0) is 36.5 Å². The number of hydrogen-bond acceptors (Lipinski definition) is 4. The third-order valence-electron chi connectivity index (χ3n) is 4.19. The van der Waals surface area contributed by atoms with E-state index in [1.165, 1.54) is 0 Å². The molecule has 1 aromatic heterocycles. The molecule has 2 aromatic rings. The molecule has 0 spiro atoms. The van der Waals surface area contributed by atoms with Crippen molar-refractivity contribution in [2.24, 2.45) is 5.92 Å². The number of nitrogens with zero attached hydrogens (tertiary/aromatic N) is 3. The summed E-state index contributed by atoms with van der Waals surface area (Å²) in [7, 11) is 0. The molecule has 0 radical (unpaired) electrons. The maximum Gasteiger partial charge on any atom is 0.124 e. The van der Waals surface area contributed by atoms with Gasteiger partial charge >= 0.3 is 0 Å². The normalized spacial score (nSPS) is 17.1. The second kappa shape index (κ2) is 7.25. The van der Waals surface area contributed by atoms with Gasteiger partial charge in [0.1, 0.15) is 11.8 Å². The van der Waals surface area contributed by atoms with Gasteiger partial charge in [-0.25, -0.2) is 4.68 Å². The standard InChI is InChI=1S/C17H20ClN3O2/c1-12(13-6-8-23-9-7-13)10-21-11-16(19-20-21)17(22)14-2-4-15(18)5-3-14/h2-5,11,13,17,22H,1,6-10H2. The number of aliphatic hydroxyl groups is 1. The van der Waals surface area contributed by atoms with Crippen LogP contribution < -0.4 is 0 Å². The van der Waals surface area contributed by atoms with Crippen LogP contribution in [-0.4, -0.2) is 33.3 Å². The number of aromatic nitrogens is 3. The molecule has 0 aliphatic carbocycles. The van der Waals surface area contributed by atoms with E-state index in [4.69, 9.17) is 16.3 Å². The lowest BCUT2D eigenvalue weighted by atomic mass is 9.92. The smallest absolute Gasteiger partial charge is 0.124 e. The van der Waals surface area contributed by atoms with Crippen LogP contribution in [0, 0.1) is 5.92 Å². The largest absolute Gasteiger partial charge is 0.382 e. The van der Waals surface area contributed by atoms with Crippen molar-refractivity contribution >= 4 is 11.6 Å². The molecule has 6 heteroatoms. The Morgan fingerprint density at radius 2 is 2.04 bits per heavy atom. The minimum absolute atomic E-state index is 0.470. The van der Waals surface area contributed by atoms with E-state index in [0.717, 1.165) is 37.2 Å². The molecule has 1 aliphatic rings. The van der Waals surface area contributed by atoms with Crippen molar-refractivity contribution in [2.75, 3.05) is 13.2 Å². The maximum absolute atomic E-state index is 10.4. The molecule has 0 saturated carbocycles. The summed E-state index contributed by atoms with van der Waals surface area (Å²) in [4.78, 5) is 0. The summed E-state index contributed by atoms with van der Waals surface area (Å²) in [5.74, 6) is 0.470. The van der Waals surface area contributed by atoms with E-state index in [0.29, 0.717) is 23.2 Å². The monoisotopic (exact) mass is 333 g/mol. The van der Waals surface area contributed by atoms with E-state index in [1.54, 1.807) is 35.1 Å². The third-order valence-corrected chi connectivity index (χ3v) is 4.44. The van der Waals surface area contributed by atoms with Gasteiger partial charge in [0, 0.05) is 18.2 Å². The first-order chi connectivity index (χ1) is 11.1. The van der Waals surface area contributed by atoms with Crippen LogP contribution in [0.1, 0.15) is 30.2 Å². The Kier molecular flexibility index (Phi) is 5.10. The van der Waals surface area contributed by atoms with Gasteiger partial charge in [0.15, 0.2) is 0 Å². The molecule has 1 aliphatic heterocycles. The van der Waals surface area contributed by atoms with Crippen LogP contribution in [0.25, 0.3) is 0 Å². The molecule has 1 N–H and O–H groups in total. The molecule has 3 rings (SSSR count). The zero-order valence-corrected chi connectivity index (χ0v) is 13.6. The summed E-state index contributed by atoms with van der Waals surface area (Å²) in [6.45, 7) is 6.38.